The summed E-state index contributed by atoms with van der Waals surface area (Å²) in [5.41, 5.74) is 3.67. The molecule has 1 amide bonds. The van der Waals surface area contributed by atoms with E-state index in [1.54, 1.807) is 12.1 Å². The van der Waals surface area contributed by atoms with Crippen molar-refractivity contribution in [3.8, 4) is 0 Å². The molecule has 0 aliphatic heterocycles. The summed E-state index contributed by atoms with van der Waals surface area (Å²) in [7, 11) is 4.00. The molecule has 0 bridgehead atoms. The number of hydrogen-bond acceptors (Lipinski definition) is 3. The maximum absolute atomic E-state index is 12.1. The van der Waals surface area contributed by atoms with Crippen molar-refractivity contribution in [2.24, 2.45) is 0 Å². The fourth-order valence-corrected chi connectivity index (χ4v) is 2.45. The second-order valence-electron chi connectivity index (χ2n) is 6.28. The molecule has 0 aliphatic rings. The van der Waals surface area contributed by atoms with Gasteiger partial charge in [-0.1, -0.05) is 42.0 Å². The standard InChI is InChI=1S/C20H24N2O2/c1-15-7-9-17(10-8-15)19(23)11-12-20(24)21-18-6-4-5-16(13-18)14-22(2)3/h4-10,13H,11-12,14H2,1-3H3,(H,21,24). The predicted octanol–water partition coefficient (Wildman–Crippen LogP) is 3.66. The van der Waals surface area contributed by atoms with Gasteiger partial charge in [0, 0.05) is 30.6 Å². The second-order valence-corrected chi connectivity index (χ2v) is 6.28. The van der Waals surface area contributed by atoms with Crippen molar-refractivity contribution < 1.29 is 9.59 Å². The van der Waals surface area contributed by atoms with Crippen molar-refractivity contribution in [2.75, 3.05) is 19.4 Å². The number of carbonyl (C=O) groups excluding carboxylic acids is 2. The summed E-state index contributed by atoms with van der Waals surface area (Å²) in [6, 6.07) is 15.2. The third-order valence-corrected chi connectivity index (χ3v) is 3.66. The molecule has 1 N–H and O–H groups in total. The van der Waals surface area contributed by atoms with E-state index in [1.165, 1.54) is 0 Å². The second kappa shape index (κ2) is 8.41. The lowest BCUT2D eigenvalue weighted by Crippen LogP contribution is -2.14. The fourth-order valence-electron chi connectivity index (χ4n) is 2.45. The molecule has 24 heavy (non-hydrogen) atoms. The summed E-state index contributed by atoms with van der Waals surface area (Å²) >= 11 is 0. The lowest BCUT2D eigenvalue weighted by molar-refractivity contribution is -0.116. The topological polar surface area (TPSA) is 49.4 Å². The van der Waals surface area contributed by atoms with E-state index in [1.807, 2.05) is 57.4 Å². The van der Waals surface area contributed by atoms with E-state index >= 15 is 0 Å². The van der Waals surface area contributed by atoms with Gasteiger partial charge in [0.15, 0.2) is 5.78 Å². The van der Waals surface area contributed by atoms with Crippen molar-refractivity contribution in [3.63, 3.8) is 0 Å². The molecule has 0 saturated heterocycles. The summed E-state index contributed by atoms with van der Waals surface area (Å²) in [6.45, 7) is 2.79. The first-order valence-electron chi connectivity index (χ1n) is 8.07. The molecular weight excluding hydrogens is 300 g/mol. The SMILES string of the molecule is Cc1ccc(C(=O)CCC(=O)Nc2cccc(CN(C)C)c2)cc1. The highest BCUT2D eigenvalue weighted by molar-refractivity contribution is 6.00. The van der Waals surface area contributed by atoms with Gasteiger partial charge in [-0.3, -0.25) is 9.59 Å². The monoisotopic (exact) mass is 324 g/mol. The number of nitrogens with one attached hydrogen (secondary N) is 1. The van der Waals surface area contributed by atoms with E-state index in [4.69, 9.17) is 0 Å². The molecule has 2 rings (SSSR count). The molecule has 0 radical (unpaired) electrons. The molecule has 0 unspecified atom stereocenters. The Labute approximate surface area is 143 Å². The van der Waals surface area contributed by atoms with E-state index in [2.05, 4.69) is 10.2 Å². The molecule has 4 nitrogen and oxygen atoms in total. The van der Waals surface area contributed by atoms with Crippen molar-refractivity contribution in [1.29, 1.82) is 0 Å². The van der Waals surface area contributed by atoms with Crippen molar-refractivity contribution >= 4 is 17.4 Å². The van der Waals surface area contributed by atoms with Gasteiger partial charge < -0.3 is 10.2 Å². The van der Waals surface area contributed by atoms with E-state index in [9.17, 15) is 9.59 Å². The molecule has 4 heteroatoms. The number of carbonyl (C=O) groups is 2. The van der Waals surface area contributed by atoms with Gasteiger partial charge >= 0.3 is 0 Å². The number of ketones is 1. The summed E-state index contributed by atoms with van der Waals surface area (Å²) in [4.78, 5) is 26.2. The normalized spacial score (nSPS) is 10.7. The van der Waals surface area contributed by atoms with Gasteiger partial charge in [-0.25, -0.2) is 0 Å². The highest BCUT2D eigenvalue weighted by Crippen LogP contribution is 2.13. The minimum atomic E-state index is -0.141. The zero-order valence-electron chi connectivity index (χ0n) is 14.5. The fraction of sp³-hybridized carbons (Fsp3) is 0.300. The largest absolute Gasteiger partial charge is 0.326 e. The first-order chi connectivity index (χ1) is 11.4. The number of benzene rings is 2. The Balaban J connectivity index is 1.87. The Morgan fingerprint density at radius 1 is 1.00 bits per heavy atom. The molecular formula is C20H24N2O2. The quantitative estimate of drug-likeness (QED) is 0.791. The molecule has 0 heterocycles. The average Bonchev–Trinajstić information content (AvgIpc) is 2.53. The smallest absolute Gasteiger partial charge is 0.224 e. The van der Waals surface area contributed by atoms with Crippen LogP contribution in [0.4, 0.5) is 5.69 Å². The number of hydrogen-bond donors (Lipinski definition) is 1. The molecule has 0 spiro atoms. The maximum Gasteiger partial charge on any atom is 0.224 e. The molecule has 0 aromatic heterocycles. The number of Topliss-reactive ketones (excluding diaryl/α,β-unsaturated/α-hetero) is 1. The number of aryl methyl sites for hydroxylation is 1. The van der Waals surface area contributed by atoms with E-state index < -0.39 is 0 Å². The van der Waals surface area contributed by atoms with Gasteiger partial charge in [0.05, 0.1) is 0 Å². The van der Waals surface area contributed by atoms with Gasteiger partial charge in [-0.2, -0.15) is 0 Å². The van der Waals surface area contributed by atoms with E-state index in [0.29, 0.717) is 5.56 Å². The summed E-state index contributed by atoms with van der Waals surface area (Å²) in [6.07, 6.45) is 0.400. The van der Waals surface area contributed by atoms with Crippen LogP contribution < -0.4 is 5.32 Å². The Morgan fingerprint density at radius 3 is 2.38 bits per heavy atom. The third-order valence-electron chi connectivity index (χ3n) is 3.66. The number of anilines is 1. The molecule has 0 atom stereocenters. The molecule has 0 aliphatic carbocycles. The van der Waals surface area contributed by atoms with Gasteiger partial charge in [-0.15, -0.1) is 0 Å². The van der Waals surface area contributed by atoms with Gasteiger partial charge in [0.25, 0.3) is 0 Å². The Hall–Kier alpha value is -2.46. The number of rotatable bonds is 7. The Morgan fingerprint density at radius 2 is 1.71 bits per heavy atom. The highest BCUT2D eigenvalue weighted by atomic mass is 16.2. The minimum Gasteiger partial charge on any atom is -0.326 e. The molecule has 0 fully saturated rings. The molecule has 0 saturated carbocycles. The van der Waals surface area contributed by atoms with Crippen molar-refractivity contribution in [3.05, 3.63) is 65.2 Å². The number of nitrogens with zero attached hydrogens (tertiary/aromatic N) is 1. The summed E-state index contributed by atoms with van der Waals surface area (Å²) in [5.74, 6) is -0.149. The Bertz CT molecular complexity index is 706. The van der Waals surface area contributed by atoms with Crippen molar-refractivity contribution in [1.82, 2.24) is 4.90 Å². The van der Waals surface area contributed by atoms with Crippen LogP contribution in [0.3, 0.4) is 0 Å². The van der Waals surface area contributed by atoms with Crippen LogP contribution in [0.25, 0.3) is 0 Å². The van der Waals surface area contributed by atoms with Crippen LogP contribution in [-0.2, 0) is 11.3 Å². The minimum absolute atomic E-state index is 0.00786. The van der Waals surface area contributed by atoms with Gasteiger partial charge in [0.2, 0.25) is 5.91 Å². The zero-order chi connectivity index (χ0) is 17.5. The Kier molecular flexibility index (Phi) is 6.27. The van der Waals surface area contributed by atoms with Crippen molar-refractivity contribution in [2.45, 2.75) is 26.3 Å². The first-order valence-corrected chi connectivity index (χ1v) is 8.07. The summed E-state index contributed by atoms with van der Waals surface area (Å²) in [5, 5.41) is 2.86. The van der Waals surface area contributed by atoms with Crippen LogP contribution in [0.1, 0.15) is 34.3 Å². The van der Waals surface area contributed by atoms with Crippen LogP contribution in [0, 0.1) is 6.92 Å². The third kappa shape index (κ3) is 5.63. The van der Waals surface area contributed by atoms with Crippen LogP contribution >= 0.6 is 0 Å². The predicted molar refractivity (Wildman–Crippen MR) is 97.2 cm³/mol. The zero-order valence-corrected chi connectivity index (χ0v) is 14.5. The lowest BCUT2D eigenvalue weighted by Gasteiger charge is -2.11. The van der Waals surface area contributed by atoms with Crippen LogP contribution in [0.5, 0.6) is 0 Å². The lowest BCUT2D eigenvalue weighted by atomic mass is 10.0. The molecule has 126 valence electrons. The highest BCUT2D eigenvalue weighted by Gasteiger charge is 2.10. The van der Waals surface area contributed by atoms with E-state index in [0.717, 1.165) is 23.4 Å². The maximum atomic E-state index is 12.1. The number of amides is 1. The van der Waals surface area contributed by atoms with Crippen LogP contribution in [0.15, 0.2) is 48.5 Å². The average molecular weight is 324 g/mol. The van der Waals surface area contributed by atoms with Gasteiger partial charge in [0.1, 0.15) is 0 Å². The van der Waals surface area contributed by atoms with E-state index in [-0.39, 0.29) is 24.5 Å². The molecule has 2 aromatic carbocycles. The van der Waals surface area contributed by atoms with Gasteiger partial charge in [-0.05, 0) is 38.7 Å². The first kappa shape index (κ1) is 17.9. The molecule has 2 aromatic rings. The van der Waals surface area contributed by atoms with Crippen LogP contribution in [-0.4, -0.2) is 30.7 Å². The van der Waals surface area contributed by atoms with Crippen LogP contribution in [0.2, 0.25) is 0 Å². The summed E-state index contributed by atoms with van der Waals surface area (Å²) < 4.78 is 0.